The minimum Gasteiger partial charge on any atom is -0.478 e. The summed E-state index contributed by atoms with van der Waals surface area (Å²) < 4.78 is 0. The molecule has 0 unspecified atom stereocenters. The van der Waals surface area contributed by atoms with Crippen molar-refractivity contribution in [2.75, 3.05) is 5.32 Å². The van der Waals surface area contributed by atoms with Gasteiger partial charge >= 0.3 is 5.97 Å². The second-order valence-corrected chi connectivity index (χ2v) is 5.48. The number of rotatable bonds is 5. The molecule has 2 rings (SSSR count). The van der Waals surface area contributed by atoms with Crippen LogP contribution in [-0.4, -0.2) is 26.8 Å². The third kappa shape index (κ3) is 3.64. The van der Waals surface area contributed by atoms with Crippen molar-refractivity contribution >= 4 is 28.9 Å². The summed E-state index contributed by atoms with van der Waals surface area (Å²) in [6, 6.07) is 5.57. The number of non-ortho nitro benzene ring substituents is 1. The molecule has 134 valence electrons. The lowest BCUT2D eigenvalue weighted by Crippen LogP contribution is -2.18. The number of nitrogens with zero attached hydrogens (tertiary/aromatic N) is 2. The molecule has 10 heteroatoms. The predicted molar refractivity (Wildman–Crippen MR) is 90.6 cm³/mol. The smallest absolute Gasteiger partial charge is 0.336 e. The number of benzene rings is 2. The molecule has 0 aliphatic rings. The third-order valence-corrected chi connectivity index (χ3v) is 3.58. The average Bonchev–Trinajstić information content (AvgIpc) is 2.55. The summed E-state index contributed by atoms with van der Waals surface area (Å²) in [6.45, 7) is 3.19. The lowest BCUT2D eigenvalue weighted by atomic mass is 10.0. The molecule has 0 heterocycles. The fraction of sp³-hybridized carbons (Fsp3) is 0.125. The highest BCUT2D eigenvalue weighted by molar-refractivity contribution is 6.12. The predicted octanol–water partition coefficient (Wildman–Crippen LogP) is 3.07. The Kier molecular flexibility index (Phi) is 4.96. The Balaban J connectivity index is 2.55. The third-order valence-electron chi connectivity index (χ3n) is 3.58. The molecular formula is C16H13N3O7. The molecule has 0 saturated heterocycles. The van der Waals surface area contributed by atoms with E-state index < -0.39 is 38.5 Å². The number of carbonyl (C=O) groups excluding carboxylic acids is 1. The van der Waals surface area contributed by atoms with E-state index in [4.69, 9.17) is 0 Å². The van der Waals surface area contributed by atoms with E-state index in [-0.39, 0.29) is 11.4 Å². The van der Waals surface area contributed by atoms with Gasteiger partial charge in [-0.25, -0.2) is 4.79 Å². The van der Waals surface area contributed by atoms with Crippen molar-refractivity contribution < 1.29 is 24.5 Å². The molecule has 0 atom stereocenters. The second-order valence-electron chi connectivity index (χ2n) is 5.48. The monoisotopic (exact) mass is 359 g/mol. The first-order chi connectivity index (χ1) is 12.1. The fourth-order valence-electron chi connectivity index (χ4n) is 2.45. The van der Waals surface area contributed by atoms with E-state index in [1.807, 2.05) is 0 Å². The van der Waals surface area contributed by atoms with Crippen molar-refractivity contribution in [3.05, 3.63) is 72.8 Å². The van der Waals surface area contributed by atoms with E-state index in [2.05, 4.69) is 5.32 Å². The fourth-order valence-corrected chi connectivity index (χ4v) is 2.45. The number of aromatic carboxylic acids is 1. The van der Waals surface area contributed by atoms with E-state index in [1.165, 1.54) is 6.07 Å². The molecule has 0 spiro atoms. The Labute approximate surface area is 146 Å². The Morgan fingerprint density at radius 3 is 2.19 bits per heavy atom. The highest BCUT2D eigenvalue weighted by atomic mass is 16.6. The van der Waals surface area contributed by atoms with E-state index in [1.54, 1.807) is 19.9 Å². The van der Waals surface area contributed by atoms with Gasteiger partial charge in [-0.15, -0.1) is 0 Å². The summed E-state index contributed by atoms with van der Waals surface area (Å²) in [7, 11) is 0. The molecular weight excluding hydrogens is 346 g/mol. The number of hydrogen-bond acceptors (Lipinski definition) is 6. The van der Waals surface area contributed by atoms with E-state index >= 15 is 0 Å². The first-order valence-corrected chi connectivity index (χ1v) is 7.20. The quantitative estimate of drug-likeness (QED) is 0.614. The summed E-state index contributed by atoms with van der Waals surface area (Å²) in [4.78, 5) is 44.5. The Morgan fingerprint density at radius 2 is 1.65 bits per heavy atom. The van der Waals surface area contributed by atoms with Crippen LogP contribution in [0.3, 0.4) is 0 Å². The van der Waals surface area contributed by atoms with Crippen LogP contribution in [0.2, 0.25) is 0 Å². The number of carboxylic acid groups (broad SMARTS) is 1. The number of aryl methyl sites for hydroxylation is 2. The molecule has 10 nitrogen and oxygen atoms in total. The molecule has 0 aromatic heterocycles. The molecule has 2 aromatic rings. The highest BCUT2D eigenvalue weighted by Gasteiger charge is 2.24. The van der Waals surface area contributed by atoms with Gasteiger partial charge in [-0.2, -0.15) is 0 Å². The van der Waals surface area contributed by atoms with Crippen LogP contribution in [0, 0.1) is 34.1 Å². The van der Waals surface area contributed by atoms with E-state index in [9.17, 15) is 34.9 Å². The number of carboxylic acids is 1. The van der Waals surface area contributed by atoms with Crippen molar-refractivity contribution in [3.8, 4) is 0 Å². The van der Waals surface area contributed by atoms with Crippen LogP contribution in [0.1, 0.15) is 31.8 Å². The van der Waals surface area contributed by atoms with Gasteiger partial charge in [0.25, 0.3) is 17.3 Å². The summed E-state index contributed by atoms with van der Waals surface area (Å²) in [6.07, 6.45) is 0. The first kappa shape index (κ1) is 18.5. The number of carbonyl (C=O) groups is 2. The number of hydrogen-bond donors (Lipinski definition) is 2. The normalized spacial score (nSPS) is 10.2. The van der Waals surface area contributed by atoms with Crippen molar-refractivity contribution in [1.82, 2.24) is 0 Å². The van der Waals surface area contributed by atoms with Crippen molar-refractivity contribution in [3.63, 3.8) is 0 Å². The van der Waals surface area contributed by atoms with Gasteiger partial charge in [0.1, 0.15) is 5.69 Å². The Bertz CT molecular complexity index is 953. The molecule has 2 N–H and O–H groups in total. The molecule has 1 amide bonds. The summed E-state index contributed by atoms with van der Waals surface area (Å²) in [5.74, 6) is -2.46. The Morgan fingerprint density at radius 1 is 1.00 bits per heavy atom. The lowest BCUT2D eigenvalue weighted by molar-refractivity contribution is -0.384. The average molecular weight is 359 g/mol. The zero-order valence-corrected chi connectivity index (χ0v) is 13.7. The summed E-state index contributed by atoms with van der Waals surface area (Å²) in [5.41, 5.74) is -0.871. The van der Waals surface area contributed by atoms with Gasteiger partial charge in [-0.1, -0.05) is 6.07 Å². The van der Waals surface area contributed by atoms with Gasteiger partial charge in [-0.05, 0) is 31.0 Å². The number of anilines is 1. The van der Waals surface area contributed by atoms with Crippen molar-refractivity contribution in [2.24, 2.45) is 0 Å². The van der Waals surface area contributed by atoms with Crippen LogP contribution in [0.25, 0.3) is 0 Å². The van der Waals surface area contributed by atoms with Crippen LogP contribution in [-0.2, 0) is 0 Å². The van der Waals surface area contributed by atoms with Gasteiger partial charge in [0.05, 0.1) is 21.0 Å². The zero-order valence-electron chi connectivity index (χ0n) is 13.7. The lowest BCUT2D eigenvalue weighted by Gasteiger charge is -2.11. The van der Waals surface area contributed by atoms with Crippen molar-refractivity contribution in [2.45, 2.75) is 13.8 Å². The number of nitro benzene ring substituents is 2. The molecule has 26 heavy (non-hydrogen) atoms. The van der Waals surface area contributed by atoms with E-state index in [0.29, 0.717) is 11.1 Å². The molecule has 0 radical (unpaired) electrons. The van der Waals surface area contributed by atoms with Crippen LogP contribution < -0.4 is 5.32 Å². The van der Waals surface area contributed by atoms with Gasteiger partial charge < -0.3 is 10.4 Å². The second kappa shape index (κ2) is 6.97. The number of amides is 1. The Hall–Kier alpha value is -3.82. The maximum Gasteiger partial charge on any atom is 0.336 e. The molecule has 0 aliphatic heterocycles. The summed E-state index contributed by atoms with van der Waals surface area (Å²) in [5, 5.41) is 33.6. The molecule has 2 aromatic carbocycles. The zero-order chi connectivity index (χ0) is 19.6. The number of nitro groups is 2. The van der Waals surface area contributed by atoms with Crippen molar-refractivity contribution in [1.29, 1.82) is 0 Å². The molecule has 0 bridgehead atoms. The maximum atomic E-state index is 12.5. The maximum absolute atomic E-state index is 12.5. The SMILES string of the molecule is Cc1cc(C)c(NC(=O)c2cc([N+](=O)[O-])ccc2C(=O)O)c([N+](=O)[O-])c1. The van der Waals surface area contributed by atoms with Gasteiger partial charge in [0.2, 0.25) is 0 Å². The van der Waals surface area contributed by atoms with Crippen LogP contribution in [0.15, 0.2) is 30.3 Å². The van der Waals surface area contributed by atoms with Crippen LogP contribution >= 0.6 is 0 Å². The minimum absolute atomic E-state index is 0.103. The topological polar surface area (TPSA) is 153 Å². The first-order valence-electron chi connectivity index (χ1n) is 7.20. The van der Waals surface area contributed by atoms with Gasteiger partial charge in [0.15, 0.2) is 0 Å². The minimum atomic E-state index is -1.46. The molecule has 0 saturated carbocycles. The molecule has 0 fully saturated rings. The van der Waals surface area contributed by atoms with Gasteiger partial charge in [-0.3, -0.25) is 25.0 Å². The summed E-state index contributed by atoms with van der Waals surface area (Å²) >= 11 is 0. The largest absolute Gasteiger partial charge is 0.478 e. The van der Waals surface area contributed by atoms with Crippen LogP contribution in [0.4, 0.5) is 17.1 Å². The highest BCUT2D eigenvalue weighted by Crippen LogP contribution is 2.30. The standard InChI is InChI=1S/C16H13N3O7/c1-8-5-9(2)14(13(6-8)19(25)26)17-15(20)12-7-10(18(23)24)3-4-11(12)16(21)22/h3-7H,1-2H3,(H,17,20)(H,21,22). The van der Waals surface area contributed by atoms with Gasteiger partial charge in [0, 0.05) is 18.2 Å². The van der Waals surface area contributed by atoms with Crippen LogP contribution in [0.5, 0.6) is 0 Å². The number of nitrogens with one attached hydrogen (secondary N) is 1. The van der Waals surface area contributed by atoms with E-state index in [0.717, 1.165) is 18.2 Å². The molecule has 0 aliphatic carbocycles.